The summed E-state index contributed by atoms with van der Waals surface area (Å²) in [4.78, 5) is 11.7. The first-order valence-electron chi connectivity index (χ1n) is 6.25. The second kappa shape index (κ2) is 7.00. The number of carbonyl (C=O) groups is 1. The molecule has 1 unspecified atom stereocenters. The molecule has 0 aliphatic carbocycles. The minimum Gasteiger partial charge on any atom is -0.361 e. The Hall–Kier alpha value is -1.95. The third-order valence-electron chi connectivity index (χ3n) is 2.60. The van der Waals surface area contributed by atoms with Crippen LogP contribution in [0.5, 0.6) is 0 Å². The smallest absolute Gasteiger partial charge is 0.225 e. The van der Waals surface area contributed by atoms with E-state index in [-0.39, 0.29) is 12.3 Å². The average molecular weight is 292 g/mol. The lowest BCUT2D eigenvalue weighted by atomic mass is 10.3. The summed E-state index contributed by atoms with van der Waals surface area (Å²) in [6.07, 6.45) is 0.221. The molecule has 0 fully saturated rings. The van der Waals surface area contributed by atoms with Gasteiger partial charge in [-0.15, -0.1) is 0 Å². The Morgan fingerprint density at radius 1 is 1.35 bits per heavy atom. The molecule has 106 valence electrons. The molecule has 1 N–H and O–H groups in total. The van der Waals surface area contributed by atoms with Crippen molar-refractivity contribution in [3.63, 3.8) is 0 Å². The number of aryl methyl sites for hydroxylation is 1. The Morgan fingerprint density at radius 3 is 2.75 bits per heavy atom. The molecule has 1 aromatic heterocycles. The van der Waals surface area contributed by atoms with Crippen molar-refractivity contribution in [2.45, 2.75) is 19.1 Å². The molecule has 0 bridgehead atoms. The minimum atomic E-state index is -1.12. The largest absolute Gasteiger partial charge is 0.361 e. The summed E-state index contributed by atoms with van der Waals surface area (Å²) in [6.45, 7) is 1.78. The fraction of sp³-hybridized carbons (Fsp3) is 0.286. The summed E-state index contributed by atoms with van der Waals surface area (Å²) in [5.74, 6) is 1.18. The zero-order valence-corrected chi connectivity index (χ0v) is 12.0. The van der Waals surface area contributed by atoms with Crippen LogP contribution in [-0.2, 0) is 21.3 Å². The molecule has 0 aliphatic heterocycles. The second-order valence-corrected chi connectivity index (χ2v) is 5.96. The Kier molecular flexibility index (Phi) is 5.06. The molecular formula is C14H16N2O3S. The van der Waals surface area contributed by atoms with Crippen LogP contribution in [0.1, 0.15) is 17.9 Å². The van der Waals surface area contributed by atoms with Crippen LogP contribution in [0.2, 0.25) is 0 Å². The number of hydrogen-bond donors (Lipinski definition) is 1. The van der Waals surface area contributed by atoms with Crippen LogP contribution in [0.3, 0.4) is 0 Å². The standard InChI is InChI=1S/C14H16N2O3S/c1-11-9-13(16-19-11)10-20(18)8-7-14(17)15-12-5-3-2-4-6-12/h2-6,9H,7-8,10H2,1H3,(H,15,17). The molecule has 5 nitrogen and oxygen atoms in total. The summed E-state index contributed by atoms with van der Waals surface area (Å²) in [6, 6.07) is 11.0. The number of carbonyl (C=O) groups excluding carboxylic acids is 1. The van der Waals surface area contributed by atoms with Crippen LogP contribution in [-0.4, -0.2) is 21.0 Å². The summed E-state index contributed by atoms with van der Waals surface area (Å²) in [5.41, 5.74) is 1.40. The van der Waals surface area contributed by atoms with Crippen molar-refractivity contribution < 1.29 is 13.5 Å². The molecule has 0 saturated carbocycles. The molecular weight excluding hydrogens is 276 g/mol. The first-order chi connectivity index (χ1) is 9.63. The van der Waals surface area contributed by atoms with Crippen molar-refractivity contribution in [1.82, 2.24) is 5.16 Å². The Morgan fingerprint density at radius 2 is 2.10 bits per heavy atom. The molecule has 0 saturated heterocycles. The lowest BCUT2D eigenvalue weighted by molar-refractivity contribution is -0.115. The number of anilines is 1. The van der Waals surface area contributed by atoms with E-state index in [2.05, 4.69) is 10.5 Å². The van der Waals surface area contributed by atoms with Crippen molar-refractivity contribution in [3.05, 3.63) is 47.9 Å². The van der Waals surface area contributed by atoms with Gasteiger partial charge in [0.05, 0.1) is 11.4 Å². The molecule has 20 heavy (non-hydrogen) atoms. The van der Waals surface area contributed by atoms with Crippen molar-refractivity contribution >= 4 is 22.4 Å². The molecule has 1 amide bonds. The Balaban J connectivity index is 1.74. The molecule has 2 aromatic rings. The number of nitrogens with zero attached hydrogens (tertiary/aromatic N) is 1. The predicted octanol–water partition coefficient (Wildman–Crippen LogP) is 2.26. The summed E-state index contributed by atoms with van der Waals surface area (Å²) >= 11 is 0. The number of rotatable bonds is 6. The van der Waals surface area contributed by atoms with E-state index < -0.39 is 10.8 Å². The van der Waals surface area contributed by atoms with Crippen LogP contribution < -0.4 is 5.32 Å². The monoisotopic (exact) mass is 292 g/mol. The maximum Gasteiger partial charge on any atom is 0.225 e. The zero-order chi connectivity index (χ0) is 14.4. The lowest BCUT2D eigenvalue weighted by Crippen LogP contribution is -2.15. The van der Waals surface area contributed by atoms with Gasteiger partial charge < -0.3 is 9.84 Å². The van der Waals surface area contributed by atoms with Crippen LogP contribution >= 0.6 is 0 Å². The van der Waals surface area contributed by atoms with E-state index in [1.54, 1.807) is 13.0 Å². The van der Waals surface area contributed by atoms with Gasteiger partial charge in [0.15, 0.2) is 0 Å². The van der Waals surface area contributed by atoms with Crippen molar-refractivity contribution in [2.24, 2.45) is 0 Å². The van der Waals surface area contributed by atoms with Gasteiger partial charge in [-0.3, -0.25) is 9.00 Å². The summed E-state index contributed by atoms with van der Waals surface area (Å²) in [7, 11) is -1.12. The van der Waals surface area contributed by atoms with Gasteiger partial charge in [0.2, 0.25) is 5.91 Å². The van der Waals surface area contributed by atoms with E-state index in [4.69, 9.17) is 4.52 Å². The van der Waals surface area contributed by atoms with E-state index >= 15 is 0 Å². The van der Waals surface area contributed by atoms with Crippen LogP contribution in [0.15, 0.2) is 40.9 Å². The second-order valence-electron chi connectivity index (χ2n) is 4.38. The Labute approximate surface area is 119 Å². The highest BCUT2D eigenvalue weighted by molar-refractivity contribution is 7.84. The maximum absolute atomic E-state index is 11.8. The number of benzene rings is 1. The highest BCUT2D eigenvalue weighted by Crippen LogP contribution is 2.07. The molecule has 0 radical (unpaired) electrons. The first-order valence-corrected chi connectivity index (χ1v) is 7.74. The van der Waals surface area contributed by atoms with Gasteiger partial charge in [0.25, 0.3) is 0 Å². The highest BCUT2D eigenvalue weighted by atomic mass is 32.2. The average Bonchev–Trinajstić information content (AvgIpc) is 2.83. The van der Waals surface area contributed by atoms with Crippen LogP contribution in [0.4, 0.5) is 5.69 Å². The lowest BCUT2D eigenvalue weighted by Gasteiger charge is -2.04. The SMILES string of the molecule is Cc1cc(CS(=O)CCC(=O)Nc2ccccc2)no1. The quantitative estimate of drug-likeness (QED) is 0.886. The van der Waals surface area contributed by atoms with Gasteiger partial charge in [-0.1, -0.05) is 23.4 Å². The number of hydrogen-bond acceptors (Lipinski definition) is 4. The normalized spacial score (nSPS) is 12.1. The van der Waals surface area contributed by atoms with Crippen molar-refractivity contribution in [3.8, 4) is 0 Å². The van der Waals surface area contributed by atoms with Gasteiger partial charge in [-0.2, -0.15) is 0 Å². The molecule has 0 aliphatic rings. The van der Waals surface area contributed by atoms with E-state index in [9.17, 15) is 9.00 Å². The van der Waals surface area contributed by atoms with Crippen LogP contribution in [0, 0.1) is 6.92 Å². The summed E-state index contributed by atoms with van der Waals surface area (Å²) < 4.78 is 16.7. The number of para-hydroxylation sites is 1. The molecule has 1 heterocycles. The Bertz CT molecular complexity index is 595. The van der Waals surface area contributed by atoms with Gasteiger partial charge in [-0.25, -0.2) is 0 Å². The fourth-order valence-corrected chi connectivity index (χ4v) is 2.70. The number of aromatic nitrogens is 1. The predicted molar refractivity (Wildman–Crippen MR) is 77.6 cm³/mol. The molecule has 2 rings (SSSR count). The molecule has 6 heteroatoms. The topological polar surface area (TPSA) is 72.2 Å². The number of nitrogens with one attached hydrogen (secondary N) is 1. The maximum atomic E-state index is 11.8. The van der Waals surface area contributed by atoms with Crippen molar-refractivity contribution in [2.75, 3.05) is 11.1 Å². The van der Waals surface area contributed by atoms with E-state index in [0.717, 1.165) is 5.69 Å². The molecule has 1 aromatic carbocycles. The van der Waals surface area contributed by atoms with E-state index in [1.165, 1.54) is 0 Å². The van der Waals surface area contributed by atoms with E-state index in [0.29, 0.717) is 23.0 Å². The van der Waals surface area contributed by atoms with E-state index in [1.807, 2.05) is 30.3 Å². The van der Waals surface area contributed by atoms with Crippen molar-refractivity contribution in [1.29, 1.82) is 0 Å². The fourth-order valence-electron chi connectivity index (χ4n) is 1.67. The zero-order valence-electron chi connectivity index (χ0n) is 11.2. The van der Waals surface area contributed by atoms with Gasteiger partial charge in [0.1, 0.15) is 5.76 Å². The van der Waals surface area contributed by atoms with Gasteiger partial charge >= 0.3 is 0 Å². The summed E-state index contributed by atoms with van der Waals surface area (Å²) in [5, 5.41) is 6.54. The molecule has 1 atom stereocenters. The third-order valence-corrected chi connectivity index (χ3v) is 3.88. The molecule has 0 spiro atoms. The van der Waals surface area contributed by atoms with Gasteiger partial charge in [0, 0.05) is 34.7 Å². The van der Waals surface area contributed by atoms with Gasteiger partial charge in [-0.05, 0) is 19.1 Å². The third kappa shape index (κ3) is 4.62. The number of amides is 1. The first kappa shape index (κ1) is 14.5. The highest BCUT2D eigenvalue weighted by Gasteiger charge is 2.09. The van der Waals surface area contributed by atoms with Crippen LogP contribution in [0.25, 0.3) is 0 Å². The minimum absolute atomic E-state index is 0.138.